The normalized spacial score (nSPS) is 12.4. The van der Waals surface area contributed by atoms with E-state index in [1.807, 2.05) is 0 Å². The molecule has 80 valence electrons. The van der Waals surface area contributed by atoms with Crippen molar-refractivity contribution in [3.8, 4) is 0 Å². The van der Waals surface area contributed by atoms with E-state index in [9.17, 15) is 22.8 Å². The minimum Gasteiger partial charge on any atom is -0.515 e. The van der Waals surface area contributed by atoms with E-state index >= 15 is 0 Å². The molecule has 0 amide bonds. The van der Waals surface area contributed by atoms with Crippen LogP contribution in [0, 0.1) is 0 Å². The summed E-state index contributed by atoms with van der Waals surface area (Å²) in [7, 11) is 0. The number of ether oxygens (including phenoxy) is 1. The highest BCUT2D eigenvalue weighted by molar-refractivity contribution is 6.19. The smallest absolute Gasteiger partial charge is 0.455 e. The number of aliphatic hydroxyl groups is 1. The zero-order valence-corrected chi connectivity index (χ0v) is 7.09. The first-order valence-electron chi connectivity index (χ1n) is 3.47. The summed E-state index contributed by atoms with van der Waals surface area (Å²) in [4.78, 5) is 21.1. The topological polar surface area (TPSA) is 63.6 Å². The molecule has 7 heteroatoms. The molecular weight excluding hydrogens is 205 g/mol. The Morgan fingerprint density at radius 3 is 2.21 bits per heavy atom. The van der Waals surface area contributed by atoms with Gasteiger partial charge in [0.15, 0.2) is 0 Å². The minimum atomic E-state index is -5.21. The van der Waals surface area contributed by atoms with Gasteiger partial charge >= 0.3 is 12.1 Å². The SMILES string of the molecule is CCOC(=O)/C(=C/O)C(=O)C(F)(F)F. The average molecular weight is 212 g/mol. The summed E-state index contributed by atoms with van der Waals surface area (Å²) in [5, 5.41) is 8.27. The second-order valence-corrected chi connectivity index (χ2v) is 2.09. The maximum absolute atomic E-state index is 11.8. The summed E-state index contributed by atoms with van der Waals surface area (Å²) >= 11 is 0. The molecule has 0 rings (SSSR count). The molecule has 0 aliphatic rings. The number of hydrogen-bond acceptors (Lipinski definition) is 4. The molecule has 4 nitrogen and oxygen atoms in total. The Morgan fingerprint density at radius 2 is 1.93 bits per heavy atom. The van der Waals surface area contributed by atoms with Crippen LogP contribution in [-0.2, 0) is 14.3 Å². The van der Waals surface area contributed by atoms with Crippen molar-refractivity contribution in [3.63, 3.8) is 0 Å². The first-order chi connectivity index (χ1) is 6.34. The maximum atomic E-state index is 11.8. The van der Waals surface area contributed by atoms with Gasteiger partial charge in [-0.05, 0) is 6.92 Å². The van der Waals surface area contributed by atoms with Gasteiger partial charge in [-0.3, -0.25) is 4.79 Å². The van der Waals surface area contributed by atoms with Crippen LogP contribution in [-0.4, -0.2) is 29.6 Å². The molecule has 0 atom stereocenters. The van der Waals surface area contributed by atoms with E-state index in [1.165, 1.54) is 6.92 Å². The number of hydrogen-bond donors (Lipinski definition) is 1. The van der Waals surface area contributed by atoms with Crippen LogP contribution in [0.1, 0.15) is 6.92 Å². The van der Waals surface area contributed by atoms with Crippen molar-refractivity contribution < 1.29 is 32.6 Å². The fourth-order valence-corrected chi connectivity index (χ4v) is 0.566. The Balaban J connectivity index is 4.77. The third-order valence-corrected chi connectivity index (χ3v) is 1.13. The van der Waals surface area contributed by atoms with Crippen molar-refractivity contribution in [2.24, 2.45) is 0 Å². The van der Waals surface area contributed by atoms with E-state index < -0.39 is 23.5 Å². The number of carbonyl (C=O) groups excluding carboxylic acids is 2. The van der Waals surface area contributed by atoms with Crippen LogP contribution < -0.4 is 0 Å². The molecule has 0 unspecified atom stereocenters. The van der Waals surface area contributed by atoms with E-state index in [-0.39, 0.29) is 12.9 Å². The molecule has 0 aromatic heterocycles. The van der Waals surface area contributed by atoms with Crippen LogP contribution >= 0.6 is 0 Å². The second kappa shape index (κ2) is 4.64. The predicted octanol–water partition coefficient (Wildman–Crippen LogP) is 1.12. The molecule has 0 heterocycles. The molecule has 0 saturated carbocycles. The molecule has 0 saturated heterocycles. The Hall–Kier alpha value is -1.53. The van der Waals surface area contributed by atoms with Crippen LogP contribution in [0.3, 0.4) is 0 Å². The number of carbonyl (C=O) groups is 2. The second-order valence-electron chi connectivity index (χ2n) is 2.09. The van der Waals surface area contributed by atoms with Crippen LogP contribution in [0.25, 0.3) is 0 Å². The van der Waals surface area contributed by atoms with Gasteiger partial charge in [0.2, 0.25) is 0 Å². The lowest BCUT2D eigenvalue weighted by molar-refractivity contribution is -0.168. The largest absolute Gasteiger partial charge is 0.515 e. The summed E-state index contributed by atoms with van der Waals surface area (Å²) < 4.78 is 39.5. The van der Waals surface area contributed by atoms with Crippen molar-refractivity contribution in [2.45, 2.75) is 13.1 Å². The highest BCUT2D eigenvalue weighted by atomic mass is 19.4. The third kappa shape index (κ3) is 3.08. The standard InChI is InChI=1S/C7H7F3O4/c1-2-14-6(13)4(3-11)5(12)7(8,9)10/h3,11H,2H2,1H3/b4-3+. The lowest BCUT2D eigenvalue weighted by atomic mass is 10.2. The maximum Gasteiger partial charge on any atom is 0.455 e. The van der Waals surface area contributed by atoms with Gasteiger partial charge in [-0.2, -0.15) is 13.2 Å². The average Bonchev–Trinajstić information content (AvgIpc) is 2.04. The number of aliphatic hydroxyl groups excluding tert-OH is 1. The summed E-state index contributed by atoms with van der Waals surface area (Å²) in [5.74, 6) is -3.93. The molecule has 1 N–H and O–H groups in total. The van der Waals surface area contributed by atoms with Gasteiger partial charge in [-0.1, -0.05) is 0 Å². The zero-order valence-electron chi connectivity index (χ0n) is 7.09. The van der Waals surface area contributed by atoms with E-state index in [0.29, 0.717) is 0 Å². The van der Waals surface area contributed by atoms with E-state index in [0.717, 1.165) is 0 Å². The lowest BCUT2D eigenvalue weighted by Gasteiger charge is -2.06. The number of ketones is 1. The summed E-state index contributed by atoms with van der Waals surface area (Å²) in [5.41, 5.74) is -1.43. The Bertz CT molecular complexity index is 267. The summed E-state index contributed by atoms with van der Waals surface area (Å²) in [6.07, 6.45) is -5.42. The van der Waals surface area contributed by atoms with Crippen molar-refractivity contribution in [3.05, 3.63) is 11.8 Å². The van der Waals surface area contributed by atoms with Gasteiger partial charge in [-0.25, -0.2) is 4.79 Å². The van der Waals surface area contributed by atoms with Crippen LogP contribution in [0.15, 0.2) is 11.8 Å². The molecule has 0 radical (unpaired) electrons. The highest BCUT2D eigenvalue weighted by Crippen LogP contribution is 2.21. The van der Waals surface area contributed by atoms with Gasteiger partial charge in [0.05, 0.1) is 12.9 Å². The quantitative estimate of drug-likeness (QED) is 0.250. The van der Waals surface area contributed by atoms with Gasteiger partial charge < -0.3 is 9.84 Å². The van der Waals surface area contributed by atoms with Crippen LogP contribution in [0.4, 0.5) is 13.2 Å². The molecular formula is C7H7F3O4. The van der Waals surface area contributed by atoms with Gasteiger partial charge in [0, 0.05) is 0 Å². The van der Waals surface area contributed by atoms with Crippen molar-refractivity contribution in [1.29, 1.82) is 0 Å². The highest BCUT2D eigenvalue weighted by Gasteiger charge is 2.43. The number of Topliss-reactive ketones (excluding diaryl/α,β-unsaturated/α-hetero) is 1. The van der Waals surface area contributed by atoms with Gasteiger partial charge in [0.1, 0.15) is 5.57 Å². The number of alkyl halides is 3. The monoisotopic (exact) mass is 212 g/mol. The molecule has 0 aromatic rings. The predicted molar refractivity (Wildman–Crippen MR) is 38.4 cm³/mol. The number of rotatable bonds is 3. The third-order valence-electron chi connectivity index (χ3n) is 1.13. The molecule has 0 fully saturated rings. The fraction of sp³-hybridized carbons (Fsp3) is 0.429. The fourth-order valence-electron chi connectivity index (χ4n) is 0.566. The van der Waals surface area contributed by atoms with Gasteiger partial charge in [0.25, 0.3) is 5.78 Å². The molecule has 0 spiro atoms. The molecule has 14 heavy (non-hydrogen) atoms. The first-order valence-corrected chi connectivity index (χ1v) is 3.47. The minimum absolute atomic E-state index is 0.193. The van der Waals surface area contributed by atoms with E-state index in [2.05, 4.69) is 4.74 Å². The van der Waals surface area contributed by atoms with Crippen molar-refractivity contribution in [2.75, 3.05) is 6.61 Å². The molecule has 0 aliphatic heterocycles. The summed E-state index contributed by atoms with van der Waals surface area (Å²) in [6.45, 7) is 1.16. The molecule has 0 aliphatic carbocycles. The summed E-state index contributed by atoms with van der Waals surface area (Å²) in [6, 6.07) is 0. The van der Waals surface area contributed by atoms with E-state index in [1.54, 1.807) is 0 Å². The van der Waals surface area contributed by atoms with Gasteiger partial charge in [-0.15, -0.1) is 0 Å². The zero-order chi connectivity index (χ0) is 11.4. The Kier molecular flexibility index (Phi) is 4.13. The van der Waals surface area contributed by atoms with Crippen molar-refractivity contribution in [1.82, 2.24) is 0 Å². The number of halogens is 3. The molecule has 0 bridgehead atoms. The first kappa shape index (κ1) is 12.5. The lowest BCUT2D eigenvalue weighted by Crippen LogP contribution is -2.29. The Labute approximate surface area is 77.0 Å². The Morgan fingerprint density at radius 1 is 1.43 bits per heavy atom. The van der Waals surface area contributed by atoms with E-state index in [4.69, 9.17) is 5.11 Å². The molecule has 0 aromatic carbocycles. The van der Waals surface area contributed by atoms with Crippen LogP contribution in [0.5, 0.6) is 0 Å². The van der Waals surface area contributed by atoms with Crippen LogP contribution in [0.2, 0.25) is 0 Å². The number of esters is 1. The van der Waals surface area contributed by atoms with Crippen molar-refractivity contribution >= 4 is 11.8 Å².